The molecule has 0 unspecified atom stereocenters. The number of aromatic hydroxyl groups is 1. The highest BCUT2D eigenvalue weighted by Gasteiger charge is 2.27. The molecule has 1 heterocycles. The Balaban J connectivity index is 2.38. The molecule has 0 bridgehead atoms. The van der Waals surface area contributed by atoms with Gasteiger partial charge < -0.3 is 10.4 Å². The third kappa shape index (κ3) is 3.97. The van der Waals surface area contributed by atoms with Gasteiger partial charge in [0.25, 0.3) is 5.69 Å². The quantitative estimate of drug-likeness (QED) is 0.592. The zero-order valence-electron chi connectivity index (χ0n) is 12.7. The van der Waals surface area contributed by atoms with Gasteiger partial charge in [-0.05, 0) is 22.4 Å². The zero-order chi connectivity index (χ0) is 16.1. The van der Waals surface area contributed by atoms with E-state index >= 15 is 0 Å². The number of hydrogen-bond donors (Lipinski definition) is 2. The van der Waals surface area contributed by atoms with Crippen LogP contribution in [-0.4, -0.2) is 41.1 Å². The molecule has 0 aromatic heterocycles. The second-order valence-corrected chi connectivity index (χ2v) is 6.42. The van der Waals surface area contributed by atoms with E-state index in [2.05, 4.69) is 33.1 Å². The molecule has 1 aliphatic rings. The lowest BCUT2D eigenvalue weighted by Gasteiger charge is -2.35. The van der Waals surface area contributed by atoms with Crippen molar-refractivity contribution in [3.8, 4) is 5.75 Å². The largest absolute Gasteiger partial charge is 0.506 e. The first-order chi connectivity index (χ1) is 10.5. The molecule has 1 aliphatic heterocycles. The molecule has 0 amide bonds. The van der Waals surface area contributed by atoms with Crippen LogP contribution in [-0.2, 0) is 0 Å². The topological polar surface area (TPSA) is 78.6 Å². The standard InChI is InChI=1S/C15H22BrN3O3/c1-2-3-4-14(18-7-5-17-6-8-18)12-9-11(19(21)22)10-13(16)15(12)20/h9-10,14,17,20H,2-8H2,1H3/t14-/m0/s1. The van der Waals surface area contributed by atoms with E-state index in [0.717, 1.165) is 45.4 Å². The van der Waals surface area contributed by atoms with Crippen LogP contribution in [0.25, 0.3) is 0 Å². The van der Waals surface area contributed by atoms with E-state index in [1.807, 2.05) is 0 Å². The third-order valence-corrected chi connectivity index (χ3v) is 4.68. The fraction of sp³-hybridized carbons (Fsp3) is 0.600. The number of phenols is 1. The summed E-state index contributed by atoms with van der Waals surface area (Å²) in [6, 6.07) is 2.88. The second kappa shape index (κ2) is 7.89. The van der Waals surface area contributed by atoms with Crippen LogP contribution in [0.1, 0.15) is 37.8 Å². The first-order valence-corrected chi connectivity index (χ1v) is 8.45. The van der Waals surface area contributed by atoms with Crippen LogP contribution in [0.5, 0.6) is 5.75 Å². The molecule has 0 spiro atoms. The molecule has 1 aromatic carbocycles. The lowest BCUT2D eigenvalue weighted by atomic mass is 9.97. The van der Waals surface area contributed by atoms with Crippen LogP contribution < -0.4 is 5.32 Å². The summed E-state index contributed by atoms with van der Waals surface area (Å²) in [6.07, 6.45) is 2.96. The molecule has 0 radical (unpaired) electrons. The number of hydrogen-bond acceptors (Lipinski definition) is 5. The molecule has 1 atom stereocenters. The summed E-state index contributed by atoms with van der Waals surface area (Å²) in [5.74, 6) is 0.116. The molecule has 6 nitrogen and oxygen atoms in total. The van der Waals surface area contributed by atoms with E-state index in [0.29, 0.717) is 10.0 Å². The number of nitro groups is 1. The lowest BCUT2D eigenvalue weighted by Crippen LogP contribution is -2.45. The first-order valence-electron chi connectivity index (χ1n) is 7.66. The number of nitrogens with one attached hydrogen (secondary N) is 1. The molecule has 2 N–H and O–H groups in total. The van der Waals surface area contributed by atoms with Crippen molar-refractivity contribution in [2.24, 2.45) is 0 Å². The van der Waals surface area contributed by atoms with Crippen molar-refractivity contribution in [3.63, 3.8) is 0 Å². The zero-order valence-corrected chi connectivity index (χ0v) is 14.3. The summed E-state index contributed by atoms with van der Waals surface area (Å²) in [7, 11) is 0. The van der Waals surface area contributed by atoms with Gasteiger partial charge in [0.1, 0.15) is 5.75 Å². The Hall–Kier alpha value is -1.18. The minimum atomic E-state index is -0.414. The van der Waals surface area contributed by atoms with Gasteiger partial charge in [-0.3, -0.25) is 15.0 Å². The van der Waals surface area contributed by atoms with Gasteiger partial charge >= 0.3 is 0 Å². The average molecular weight is 372 g/mol. The highest BCUT2D eigenvalue weighted by molar-refractivity contribution is 9.10. The molecule has 1 aromatic rings. The number of phenolic OH excluding ortho intramolecular Hbond substituents is 1. The number of halogens is 1. The molecule has 7 heteroatoms. The molecular formula is C15H22BrN3O3. The maximum Gasteiger partial charge on any atom is 0.271 e. The predicted molar refractivity (Wildman–Crippen MR) is 89.2 cm³/mol. The Morgan fingerprint density at radius 1 is 1.45 bits per heavy atom. The normalized spacial score (nSPS) is 17.4. The van der Waals surface area contributed by atoms with Crippen LogP contribution >= 0.6 is 15.9 Å². The maximum atomic E-state index is 11.1. The van der Waals surface area contributed by atoms with Crippen LogP contribution in [0.2, 0.25) is 0 Å². The highest BCUT2D eigenvalue weighted by atomic mass is 79.9. The van der Waals surface area contributed by atoms with E-state index < -0.39 is 4.92 Å². The van der Waals surface area contributed by atoms with Gasteiger partial charge in [-0.25, -0.2) is 0 Å². The summed E-state index contributed by atoms with van der Waals surface area (Å²) in [4.78, 5) is 13.0. The minimum Gasteiger partial charge on any atom is -0.506 e. The van der Waals surface area contributed by atoms with Crippen molar-refractivity contribution in [3.05, 3.63) is 32.3 Å². The van der Waals surface area contributed by atoms with Crippen LogP contribution in [0, 0.1) is 10.1 Å². The summed E-state index contributed by atoms with van der Waals surface area (Å²) in [5, 5.41) is 24.8. The van der Waals surface area contributed by atoms with Gasteiger partial charge in [0.2, 0.25) is 0 Å². The van der Waals surface area contributed by atoms with Gasteiger partial charge in [-0.15, -0.1) is 0 Å². The summed E-state index contributed by atoms with van der Waals surface area (Å²) >= 11 is 3.24. The fourth-order valence-electron chi connectivity index (χ4n) is 2.89. The Bertz CT molecular complexity index is 533. The van der Waals surface area contributed by atoms with Crippen LogP contribution in [0.4, 0.5) is 5.69 Å². The van der Waals surface area contributed by atoms with E-state index in [9.17, 15) is 15.2 Å². The Morgan fingerprint density at radius 2 is 2.14 bits per heavy atom. The van der Waals surface area contributed by atoms with Crippen molar-refractivity contribution in [1.29, 1.82) is 0 Å². The Morgan fingerprint density at radius 3 is 2.73 bits per heavy atom. The number of piperazine rings is 1. The number of unbranched alkanes of at least 4 members (excludes halogenated alkanes) is 1. The maximum absolute atomic E-state index is 11.1. The van der Waals surface area contributed by atoms with E-state index in [1.165, 1.54) is 12.1 Å². The summed E-state index contributed by atoms with van der Waals surface area (Å²) in [6.45, 7) is 5.69. The molecule has 0 saturated carbocycles. The number of benzene rings is 1. The second-order valence-electron chi connectivity index (χ2n) is 5.57. The lowest BCUT2D eigenvalue weighted by molar-refractivity contribution is -0.385. The third-order valence-electron chi connectivity index (χ3n) is 4.07. The van der Waals surface area contributed by atoms with Gasteiger partial charge in [0, 0.05) is 49.9 Å². The van der Waals surface area contributed by atoms with Gasteiger partial charge in [0.15, 0.2) is 0 Å². The van der Waals surface area contributed by atoms with Crippen LogP contribution in [0.15, 0.2) is 16.6 Å². The SMILES string of the molecule is CCCC[C@@H](c1cc([N+](=O)[O-])cc(Br)c1O)N1CCNCC1. The number of nitrogens with zero attached hydrogens (tertiary/aromatic N) is 2. The summed E-state index contributed by atoms with van der Waals surface area (Å²) < 4.78 is 0.383. The van der Waals surface area contributed by atoms with Crippen molar-refractivity contribution < 1.29 is 10.0 Å². The van der Waals surface area contributed by atoms with E-state index in [4.69, 9.17) is 0 Å². The highest BCUT2D eigenvalue weighted by Crippen LogP contribution is 2.40. The van der Waals surface area contributed by atoms with Gasteiger partial charge in [-0.2, -0.15) is 0 Å². The van der Waals surface area contributed by atoms with Crippen molar-refractivity contribution in [1.82, 2.24) is 10.2 Å². The smallest absolute Gasteiger partial charge is 0.271 e. The van der Waals surface area contributed by atoms with Crippen molar-refractivity contribution >= 4 is 21.6 Å². The first kappa shape index (κ1) is 17.2. The van der Waals surface area contributed by atoms with Crippen LogP contribution in [0.3, 0.4) is 0 Å². The number of non-ortho nitro benzene ring substituents is 1. The average Bonchev–Trinajstić information content (AvgIpc) is 2.52. The minimum absolute atomic E-state index is 0.0105. The molecule has 0 aliphatic carbocycles. The fourth-order valence-corrected chi connectivity index (χ4v) is 3.35. The molecule has 1 saturated heterocycles. The van der Waals surface area contributed by atoms with Gasteiger partial charge in [0.05, 0.1) is 9.40 Å². The molecule has 1 fully saturated rings. The van der Waals surface area contributed by atoms with Crippen molar-refractivity contribution in [2.75, 3.05) is 26.2 Å². The van der Waals surface area contributed by atoms with E-state index in [-0.39, 0.29) is 17.5 Å². The Labute approximate surface area is 138 Å². The summed E-state index contributed by atoms with van der Waals surface area (Å²) in [5.41, 5.74) is 0.660. The van der Waals surface area contributed by atoms with E-state index in [1.54, 1.807) is 0 Å². The number of rotatable bonds is 6. The molecule has 122 valence electrons. The number of nitro benzene ring substituents is 1. The molecule has 22 heavy (non-hydrogen) atoms. The molecule has 2 rings (SSSR count). The van der Waals surface area contributed by atoms with Crippen molar-refractivity contribution in [2.45, 2.75) is 32.2 Å². The Kier molecular flexibility index (Phi) is 6.16. The van der Waals surface area contributed by atoms with Gasteiger partial charge in [-0.1, -0.05) is 19.8 Å². The monoisotopic (exact) mass is 371 g/mol. The predicted octanol–water partition coefficient (Wildman–Crippen LogP) is 3.20. The molecular weight excluding hydrogens is 350 g/mol.